The van der Waals surface area contributed by atoms with Crippen molar-refractivity contribution in [2.45, 2.75) is 32.1 Å². The first kappa shape index (κ1) is 12.8. The van der Waals surface area contributed by atoms with Gasteiger partial charge in [-0.25, -0.2) is 4.98 Å². The summed E-state index contributed by atoms with van der Waals surface area (Å²) >= 11 is 0. The molecule has 4 heteroatoms. The molecule has 1 N–H and O–H groups in total. The molecule has 4 aliphatic carbocycles. The minimum absolute atomic E-state index is 0.140. The molecule has 4 saturated carbocycles. The highest BCUT2D eigenvalue weighted by atomic mass is 16.2. The van der Waals surface area contributed by atoms with Crippen molar-refractivity contribution in [3.63, 3.8) is 0 Å². The molecule has 108 valence electrons. The number of rotatable bonds is 2. The Bertz CT molecular complexity index is 573. The van der Waals surface area contributed by atoms with Gasteiger partial charge < -0.3 is 5.32 Å². The number of nitriles is 1. The smallest absolute Gasteiger partial charge is 0.229 e. The number of hydrogen-bond donors (Lipinski definition) is 1. The first-order valence-corrected chi connectivity index (χ1v) is 7.90. The van der Waals surface area contributed by atoms with Gasteiger partial charge in [0.15, 0.2) is 0 Å². The lowest BCUT2D eigenvalue weighted by molar-refractivity contribution is -0.132. The monoisotopic (exact) mass is 281 g/mol. The van der Waals surface area contributed by atoms with Crippen molar-refractivity contribution >= 4 is 11.7 Å². The second-order valence-corrected chi connectivity index (χ2v) is 6.99. The number of amides is 1. The van der Waals surface area contributed by atoms with Crippen molar-refractivity contribution in [3.8, 4) is 6.07 Å². The predicted molar refractivity (Wildman–Crippen MR) is 78.1 cm³/mol. The topological polar surface area (TPSA) is 65.8 Å². The summed E-state index contributed by atoms with van der Waals surface area (Å²) in [5.74, 6) is 3.80. The fraction of sp³-hybridized carbons (Fsp3) is 0.588. The molecule has 1 amide bonds. The van der Waals surface area contributed by atoms with Gasteiger partial charge in [-0.05, 0) is 67.9 Å². The van der Waals surface area contributed by atoms with Crippen LogP contribution in [0.2, 0.25) is 0 Å². The summed E-state index contributed by atoms with van der Waals surface area (Å²) in [6.45, 7) is 0. The number of nitrogens with one attached hydrogen (secondary N) is 1. The van der Waals surface area contributed by atoms with Gasteiger partial charge in [-0.3, -0.25) is 4.79 Å². The normalized spacial score (nSPS) is 36.2. The van der Waals surface area contributed by atoms with E-state index in [0.29, 0.717) is 23.2 Å². The molecule has 4 aliphatic rings. The molecule has 1 aromatic heterocycles. The molecule has 4 fully saturated rings. The second kappa shape index (κ2) is 4.84. The SMILES string of the molecule is N#Cc1ccc(NC(=O)C2C3CC4CC(C3)CC2C4)nc1. The largest absolute Gasteiger partial charge is 0.310 e. The average Bonchev–Trinajstić information content (AvgIpc) is 2.47. The third-order valence-corrected chi connectivity index (χ3v) is 5.67. The summed E-state index contributed by atoms with van der Waals surface area (Å²) in [6.07, 6.45) is 7.88. The fourth-order valence-electron chi connectivity index (χ4n) is 5.10. The third-order valence-electron chi connectivity index (χ3n) is 5.67. The Hall–Kier alpha value is -1.89. The van der Waals surface area contributed by atoms with Gasteiger partial charge in [-0.1, -0.05) is 0 Å². The molecule has 1 aromatic rings. The molecule has 0 radical (unpaired) electrons. The van der Waals surface area contributed by atoms with E-state index in [1.165, 1.54) is 38.3 Å². The number of carbonyl (C=O) groups excluding carboxylic acids is 1. The van der Waals surface area contributed by atoms with Crippen molar-refractivity contribution in [3.05, 3.63) is 23.9 Å². The first-order chi connectivity index (χ1) is 10.2. The number of carbonyl (C=O) groups is 1. The number of nitrogens with zero attached hydrogens (tertiary/aromatic N) is 2. The van der Waals surface area contributed by atoms with Gasteiger partial charge in [0.05, 0.1) is 5.56 Å². The highest BCUT2D eigenvalue weighted by Crippen LogP contribution is 2.56. The fourth-order valence-corrected chi connectivity index (χ4v) is 5.10. The van der Waals surface area contributed by atoms with Crippen LogP contribution in [0.25, 0.3) is 0 Å². The molecule has 4 bridgehead atoms. The zero-order valence-corrected chi connectivity index (χ0v) is 12.0. The summed E-state index contributed by atoms with van der Waals surface area (Å²) in [6, 6.07) is 5.45. The zero-order chi connectivity index (χ0) is 14.4. The van der Waals surface area contributed by atoms with Crippen LogP contribution in [0.4, 0.5) is 5.82 Å². The molecule has 4 nitrogen and oxygen atoms in total. The van der Waals surface area contributed by atoms with Crippen molar-refractivity contribution < 1.29 is 4.79 Å². The van der Waals surface area contributed by atoms with Crippen LogP contribution < -0.4 is 5.32 Å². The molecule has 0 aromatic carbocycles. The van der Waals surface area contributed by atoms with Crippen LogP contribution in [-0.2, 0) is 4.79 Å². The minimum Gasteiger partial charge on any atom is -0.310 e. The Labute approximate surface area is 124 Å². The number of pyridine rings is 1. The lowest BCUT2D eigenvalue weighted by atomic mass is 9.51. The molecule has 0 saturated heterocycles. The summed E-state index contributed by atoms with van der Waals surface area (Å²) in [4.78, 5) is 16.8. The van der Waals surface area contributed by atoms with Crippen molar-refractivity contribution in [2.24, 2.45) is 29.6 Å². The average molecular weight is 281 g/mol. The molecule has 5 rings (SSSR count). The van der Waals surface area contributed by atoms with Gasteiger partial charge in [-0.2, -0.15) is 5.26 Å². The van der Waals surface area contributed by atoms with Gasteiger partial charge in [-0.15, -0.1) is 0 Å². The Morgan fingerprint density at radius 2 is 1.81 bits per heavy atom. The van der Waals surface area contributed by atoms with E-state index in [0.717, 1.165) is 11.8 Å². The molecular formula is C17H19N3O. The maximum Gasteiger partial charge on any atom is 0.229 e. The number of anilines is 1. The molecule has 0 spiro atoms. The summed E-state index contributed by atoms with van der Waals surface area (Å²) < 4.78 is 0. The van der Waals surface area contributed by atoms with Crippen molar-refractivity contribution in [1.29, 1.82) is 5.26 Å². The molecule has 0 unspecified atom stereocenters. The van der Waals surface area contributed by atoms with Crippen LogP contribution in [0.1, 0.15) is 37.7 Å². The van der Waals surface area contributed by atoms with Crippen molar-refractivity contribution in [1.82, 2.24) is 4.98 Å². The van der Waals surface area contributed by atoms with Gasteiger partial charge in [0.2, 0.25) is 5.91 Å². The van der Waals surface area contributed by atoms with E-state index in [1.807, 2.05) is 6.07 Å². The Balaban J connectivity index is 1.48. The molecule has 0 aliphatic heterocycles. The van der Waals surface area contributed by atoms with Crippen molar-refractivity contribution in [2.75, 3.05) is 5.32 Å². The van der Waals surface area contributed by atoms with E-state index < -0.39 is 0 Å². The van der Waals surface area contributed by atoms with E-state index in [-0.39, 0.29) is 11.8 Å². The summed E-state index contributed by atoms with van der Waals surface area (Å²) in [5, 5.41) is 11.7. The summed E-state index contributed by atoms with van der Waals surface area (Å²) in [7, 11) is 0. The van der Waals surface area contributed by atoms with Gasteiger partial charge in [0.25, 0.3) is 0 Å². The molecular weight excluding hydrogens is 262 g/mol. The standard InChI is InChI=1S/C17H19N3O/c18-8-10-1-2-15(19-9-10)20-17(21)16-13-4-11-3-12(6-13)7-14(16)5-11/h1-2,9,11-14,16H,3-7H2,(H,19,20,21). The maximum atomic E-state index is 12.6. The lowest BCUT2D eigenvalue weighted by Gasteiger charge is -2.53. The minimum atomic E-state index is 0.140. The highest BCUT2D eigenvalue weighted by molar-refractivity contribution is 5.92. The third kappa shape index (κ3) is 2.21. The van der Waals surface area contributed by atoms with E-state index in [4.69, 9.17) is 5.26 Å². The number of hydrogen-bond acceptors (Lipinski definition) is 3. The van der Waals surface area contributed by atoms with Gasteiger partial charge >= 0.3 is 0 Å². The first-order valence-electron chi connectivity index (χ1n) is 7.90. The van der Waals surface area contributed by atoms with Gasteiger partial charge in [0.1, 0.15) is 11.9 Å². The Morgan fingerprint density at radius 1 is 1.14 bits per heavy atom. The van der Waals surface area contributed by atoms with E-state index in [9.17, 15) is 4.79 Å². The van der Waals surface area contributed by atoms with E-state index in [2.05, 4.69) is 10.3 Å². The quantitative estimate of drug-likeness (QED) is 0.906. The van der Waals surface area contributed by atoms with Crippen LogP contribution in [-0.4, -0.2) is 10.9 Å². The van der Waals surface area contributed by atoms with Crippen LogP contribution in [0.15, 0.2) is 18.3 Å². The maximum absolute atomic E-state index is 12.6. The summed E-state index contributed by atoms with van der Waals surface area (Å²) in [5.41, 5.74) is 0.516. The highest BCUT2D eigenvalue weighted by Gasteiger charge is 2.50. The number of aromatic nitrogens is 1. The second-order valence-electron chi connectivity index (χ2n) is 6.99. The van der Waals surface area contributed by atoms with Crippen LogP contribution in [0.5, 0.6) is 0 Å². The zero-order valence-electron chi connectivity index (χ0n) is 12.0. The van der Waals surface area contributed by atoms with Crippen LogP contribution in [0, 0.1) is 40.9 Å². The predicted octanol–water partition coefficient (Wildman–Crippen LogP) is 2.96. The molecule has 0 atom stereocenters. The molecule has 1 heterocycles. The Morgan fingerprint density at radius 3 is 2.33 bits per heavy atom. The van der Waals surface area contributed by atoms with E-state index >= 15 is 0 Å². The Kier molecular flexibility index (Phi) is 2.95. The van der Waals surface area contributed by atoms with E-state index in [1.54, 1.807) is 12.1 Å². The van der Waals surface area contributed by atoms with Crippen LogP contribution in [0.3, 0.4) is 0 Å². The van der Waals surface area contributed by atoms with Crippen LogP contribution >= 0.6 is 0 Å². The lowest BCUT2D eigenvalue weighted by Crippen LogP contribution is -2.49. The molecule has 21 heavy (non-hydrogen) atoms. The van der Waals surface area contributed by atoms with Gasteiger partial charge in [0, 0.05) is 12.1 Å².